The lowest BCUT2D eigenvalue weighted by Gasteiger charge is -2.18. The second-order valence-electron chi connectivity index (χ2n) is 13.5. The molecular weight excluding hydrogens is 526 g/mol. The highest BCUT2D eigenvalue weighted by Gasteiger charge is 2.16. The second-order valence-corrected chi connectivity index (χ2v) is 13.5. The molecule has 0 aliphatic carbocycles. The molecule has 0 atom stereocenters. The van der Waals surface area contributed by atoms with E-state index in [1.807, 2.05) is 36.1 Å². The lowest BCUT2D eigenvalue weighted by atomic mass is 10.0. The van der Waals surface area contributed by atoms with Gasteiger partial charge in [0, 0.05) is 12.1 Å². The van der Waals surface area contributed by atoms with Crippen molar-refractivity contribution in [3.63, 3.8) is 0 Å². The minimum absolute atomic E-state index is 0.0658. The van der Waals surface area contributed by atoms with Crippen molar-refractivity contribution in [1.82, 2.24) is 0 Å². The smallest absolute Gasteiger partial charge is 0.338 e. The maximum atomic E-state index is 12.8. The molecule has 0 N–H and O–H groups in total. The first-order valence-corrected chi connectivity index (χ1v) is 19.3. The van der Waals surface area contributed by atoms with E-state index in [0.29, 0.717) is 5.56 Å². The van der Waals surface area contributed by atoms with Gasteiger partial charge in [-0.05, 0) is 25.7 Å². The van der Waals surface area contributed by atoms with Gasteiger partial charge in [0.1, 0.15) is 13.2 Å². The van der Waals surface area contributed by atoms with Gasteiger partial charge in [0.15, 0.2) is 12.4 Å². The van der Waals surface area contributed by atoms with Crippen LogP contribution in [0.3, 0.4) is 0 Å². The van der Waals surface area contributed by atoms with E-state index in [9.17, 15) is 4.79 Å². The van der Waals surface area contributed by atoms with Crippen LogP contribution in [0, 0.1) is 0 Å². The molecule has 1 aromatic rings. The van der Waals surface area contributed by atoms with Gasteiger partial charge >= 0.3 is 5.97 Å². The molecule has 0 aliphatic rings. The van der Waals surface area contributed by atoms with E-state index in [1.165, 1.54) is 180 Å². The van der Waals surface area contributed by atoms with Crippen LogP contribution in [-0.4, -0.2) is 12.1 Å². The largest absolute Gasteiger partial charge is 0.459 e. The van der Waals surface area contributed by atoms with Gasteiger partial charge in [-0.3, -0.25) is 0 Å². The number of nitrogens with zero attached hydrogens (tertiary/aromatic N) is 1. The fourth-order valence-corrected chi connectivity index (χ4v) is 6.25. The maximum Gasteiger partial charge on any atom is 0.338 e. The molecule has 0 aliphatic heterocycles. The third-order valence-electron chi connectivity index (χ3n) is 9.25. The Morgan fingerprint density at radius 1 is 0.512 bits per heavy atom. The predicted octanol–water partition coefficient (Wildman–Crippen LogP) is 12.8. The summed E-state index contributed by atoms with van der Waals surface area (Å²) >= 11 is 0. The lowest BCUT2D eigenvalue weighted by molar-refractivity contribution is -0.671. The van der Waals surface area contributed by atoms with Crippen molar-refractivity contribution in [3.05, 3.63) is 30.1 Å². The molecule has 0 bridgehead atoms. The molecule has 0 spiro atoms. The first-order valence-electron chi connectivity index (χ1n) is 19.3. The van der Waals surface area contributed by atoms with Crippen molar-refractivity contribution in [1.29, 1.82) is 0 Å². The zero-order valence-electron chi connectivity index (χ0n) is 29.4. The number of aryl methyl sites for hydroxylation is 1. The van der Waals surface area contributed by atoms with Crippen molar-refractivity contribution >= 4 is 5.97 Å². The minimum atomic E-state index is -0.152. The number of ether oxygens (including phenoxy) is 1. The van der Waals surface area contributed by atoms with E-state index < -0.39 is 0 Å². The Bertz CT molecular complexity index is 684. The molecule has 0 radical (unpaired) electrons. The molecule has 0 fully saturated rings. The van der Waals surface area contributed by atoms with Gasteiger partial charge in [-0.25, -0.2) is 9.36 Å². The summed E-state index contributed by atoms with van der Waals surface area (Å²) < 4.78 is 8.01. The normalized spacial score (nSPS) is 11.4. The highest BCUT2D eigenvalue weighted by atomic mass is 16.5. The molecule has 1 heterocycles. The zero-order chi connectivity index (χ0) is 31.1. The van der Waals surface area contributed by atoms with Crippen LogP contribution >= 0.6 is 0 Å². The third kappa shape index (κ3) is 25.6. The Balaban J connectivity index is 2.15. The summed E-state index contributed by atoms with van der Waals surface area (Å²) in [5.41, 5.74) is 0.671. The molecule has 3 nitrogen and oxygen atoms in total. The van der Waals surface area contributed by atoms with Gasteiger partial charge in [0.05, 0.1) is 5.56 Å². The molecule has 0 saturated carbocycles. The van der Waals surface area contributed by atoms with Crippen molar-refractivity contribution in [2.45, 2.75) is 213 Å². The fourth-order valence-electron chi connectivity index (χ4n) is 6.25. The molecule has 0 saturated heterocycles. The van der Waals surface area contributed by atoms with Crippen molar-refractivity contribution in [2.24, 2.45) is 7.05 Å². The SMILES string of the molecule is CCCCCCCCCCCCCCCCC(CCCCCCCCCCCCCCCC)OC(=O)c1cc[n+](C)cc1. The number of hydrogen-bond donors (Lipinski definition) is 0. The quantitative estimate of drug-likeness (QED) is 0.0468. The van der Waals surface area contributed by atoms with Gasteiger partial charge < -0.3 is 4.74 Å². The van der Waals surface area contributed by atoms with Crippen LogP contribution in [0.25, 0.3) is 0 Å². The number of esters is 1. The molecule has 1 rings (SSSR count). The average molecular weight is 601 g/mol. The van der Waals surface area contributed by atoms with Crippen LogP contribution in [-0.2, 0) is 11.8 Å². The second kappa shape index (κ2) is 30.6. The Morgan fingerprint density at radius 2 is 0.791 bits per heavy atom. The summed E-state index contributed by atoms with van der Waals surface area (Å²) in [7, 11) is 1.98. The Morgan fingerprint density at radius 3 is 1.09 bits per heavy atom. The first-order chi connectivity index (χ1) is 21.2. The van der Waals surface area contributed by atoms with Gasteiger partial charge in [-0.1, -0.05) is 181 Å². The number of unbranched alkanes of at least 4 members (excludes halogenated alkanes) is 26. The first kappa shape index (κ1) is 39.6. The molecule has 3 heteroatoms. The summed E-state index contributed by atoms with van der Waals surface area (Å²) in [6, 6.07) is 3.75. The average Bonchev–Trinajstić information content (AvgIpc) is 3.01. The van der Waals surface area contributed by atoms with Crippen molar-refractivity contribution in [3.8, 4) is 0 Å². The molecule has 0 amide bonds. The van der Waals surface area contributed by atoms with E-state index in [1.54, 1.807) is 0 Å². The van der Waals surface area contributed by atoms with Crippen LogP contribution in [0.4, 0.5) is 0 Å². The highest BCUT2D eigenvalue weighted by Crippen LogP contribution is 2.19. The number of rotatable bonds is 32. The zero-order valence-corrected chi connectivity index (χ0v) is 29.4. The van der Waals surface area contributed by atoms with Gasteiger partial charge in [-0.2, -0.15) is 0 Å². The van der Waals surface area contributed by atoms with E-state index >= 15 is 0 Å². The predicted molar refractivity (Wildman–Crippen MR) is 187 cm³/mol. The molecular formula is C40H74NO2+. The summed E-state index contributed by atoms with van der Waals surface area (Å²) in [5.74, 6) is -0.152. The molecule has 0 unspecified atom stereocenters. The number of carbonyl (C=O) groups is 1. The fraction of sp³-hybridized carbons (Fsp3) is 0.850. The maximum absolute atomic E-state index is 12.8. The van der Waals surface area contributed by atoms with Crippen LogP contribution in [0.1, 0.15) is 217 Å². The van der Waals surface area contributed by atoms with Crippen molar-refractivity contribution < 1.29 is 14.1 Å². The highest BCUT2D eigenvalue weighted by molar-refractivity contribution is 5.89. The monoisotopic (exact) mass is 601 g/mol. The summed E-state index contributed by atoms with van der Waals surface area (Å²) in [6.45, 7) is 4.58. The molecule has 0 aromatic carbocycles. The van der Waals surface area contributed by atoms with Crippen molar-refractivity contribution in [2.75, 3.05) is 0 Å². The Kier molecular flexibility index (Phi) is 28.2. The van der Waals surface area contributed by atoms with E-state index in [4.69, 9.17) is 4.74 Å². The van der Waals surface area contributed by atoms with Crippen LogP contribution < -0.4 is 4.57 Å². The summed E-state index contributed by atoms with van der Waals surface area (Å²) in [5, 5.41) is 0. The van der Waals surface area contributed by atoms with Gasteiger partial charge in [0.2, 0.25) is 0 Å². The Hall–Kier alpha value is -1.38. The number of carbonyl (C=O) groups excluding carboxylic acids is 1. The van der Waals surface area contributed by atoms with E-state index in [-0.39, 0.29) is 12.1 Å². The summed E-state index contributed by atoms with van der Waals surface area (Å²) in [6.07, 6.45) is 44.5. The molecule has 43 heavy (non-hydrogen) atoms. The summed E-state index contributed by atoms with van der Waals surface area (Å²) in [4.78, 5) is 12.8. The molecule has 250 valence electrons. The number of aromatic nitrogens is 1. The lowest BCUT2D eigenvalue weighted by Crippen LogP contribution is -2.27. The molecule has 1 aromatic heterocycles. The topological polar surface area (TPSA) is 30.2 Å². The van der Waals surface area contributed by atoms with Crippen LogP contribution in [0.5, 0.6) is 0 Å². The number of hydrogen-bond acceptors (Lipinski definition) is 2. The Labute approximate surface area is 269 Å². The van der Waals surface area contributed by atoms with Crippen LogP contribution in [0.2, 0.25) is 0 Å². The van der Waals surface area contributed by atoms with Gasteiger partial charge in [-0.15, -0.1) is 0 Å². The van der Waals surface area contributed by atoms with E-state index in [0.717, 1.165) is 12.8 Å². The standard InChI is InChI=1S/C40H74NO2/c1-4-6-8-10-12-14-16-18-20-22-24-26-28-30-32-39(43-40(42)38-34-36-41(3)37-35-38)33-31-29-27-25-23-21-19-17-15-13-11-9-7-5-2/h34-37,39H,4-33H2,1-3H3/q+1. The third-order valence-corrected chi connectivity index (χ3v) is 9.25. The minimum Gasteiger partial charge on any atom is -0.459 e. The van der Waals surface area contributed by atoms with Crippen LogP contribution in [0.15, 0.2) is 24.5 Å². The number of pyridine rings is 1. The van der Waals surface area contributed by atoms with Gasteiger partial charge in [0.25, 0.3) is 0 Å². The van der Waals surface area contributed by atoms with E-state index in [2.05, 4.69) is 13.8 Å².